The summed E-state index contributed by atoms with van der Waals surface area (Å²) >= 11 is 0. The van der Waals surface area contributed by atoms with Crippen LogP contribution in [-0.4, -0.2) is 9.97 Å². The third-order valence-corrected chi connectivity index (χ3v) is 3.80. The Kier molecular flexibility index (Phi) is 4.39. The van der Waals surface area contributed by atoms with Crippen molar-refractivity contribution in [3.05, 3.63) is 71.5 Å². The summed E-state index contributed by atoms with van der Waals surface area (Å²) in [5.74, 6) is 1.37. The predicted molar refractivity (Wildman–Crippen MR) is 95.7 cm³/mol. The molecule has 2 aromatic carbocycles. The molecule has 3 aromatic rings. The Bertz CT molecular complexity index is 912. The number of hydrogen-bond donors (Lipinski definition) is 2. The van der Waals surface area contributed by atoms with Crippen molar-refractivity contribution < 1.29 is 0 Å². The maximum absolute atomic E-state index is 8.97. The van der Waals surface area contributed by atoms with Crippen LogP contribution in [0.5, 0.6) is 0 Å². The van der Waals surface area contributed by atoms with E-state index < -0.39 is 0 Å². The second-order valence-corrected chi connectivity index (χ2v) is 5.48. The fourth-order valence-electron chi connectivity index (χ4n) is 2.33. The molecule has 0 aliphatic heterocycles. The molecular formula is C19H17N5. The van der Waals surface area contributed by atoms with Crippen molar-refractivity contribution in [2.75, 3.05) is 10.6 Å². The molecule has 2 N–H and O–H groups in total. The van der Waals surface area contributed by atoms with Gasteiger partial charge in [-0.2, -0.15) is 5.26 Å². The van der Waals surface area contributed by atoms with Gasteiger partial charge in [0, 0.05) is 17.4 Å². The Labute approximate surface area is 141 Å². The molecule has 1 heterocycles. The van der Waals surface area contributed by atoms with Gasteiger partial charge in [-0.3, -0.25) is 0 Å². The van der Waals surface area contributed by atoms with Crippen molar-refractivity contribution >= 4 is 23.0 Å². The summed E-state index contributed by atoms with van der Waals surface area (Å²) in [6.07, 6.45) is 1.50. The lowest BCUT2D eigenvalue weighted by molar-refractivity contribution is 1.16. The van der Waals surface area contributed by atoms with Crippen molar-refractivity contribution in [2.45, 2.75) is 13.8 Å². The van der Waals surface area contributed by atoms with Crippen LogP contribution in [0.2, 0.25) is 0 Å². The van der Waals surface area contributed by atoms with Crippen LogP contribution >= 0.6 is 0 Å². The zero-order valence-electron chi connectivity index (χ0n) is 13.5. The summed E-state index contributed by atoms with van der Waals surface area (Å²) in [6, 6.07) is 17.3. The molecule has 0 aliphatic carbocycles. The van der Waals surface area contributed by atoms with E-state index in [0.717, 1.165) is 11.4 Å². The van der Waals surface area contributed by atoms with E-state index in [-0.39, 0.29) is 0 Å². The van der Waals surface area contributed by atoms with Crippen LogP contribution in [0.1, 0.15) is 16.7 Å². The van der Waals surface area contributed by atoms with Crippen molar-refractivity contribution in [3.8, 4) is 6.07 Å². The van der Waals surface area contributed by atoms with Gasteiger partial charge >= 0.3 is 0 Å². The largest absolute Gasteiger partial charge is 0.340 e. The highest BCUT2D eigenvalue weighted by atomic mass is 15.1. The minimum Gasteiger partial charge on any atom is -0.340 e. The molecule has 0 fully saturated rings. The fourth-order valence-corrected chi connectivity index (χ4v) is 2.33. The number of anilines is 4. The smallest absolute Gasteiger partial charge is 0.135 e. The number of hydrogen-bond acceptors (Lipinski definition) is 5. The van der Waals surface area contributed by atoms with E-state index in [2.05, 4.69) is 46.6 Å². The van der Waals surface area contributed by atoms with Crippen LogP contribution in [0.3, 0.4) is 0 Å². The van der Waals surface area contributed by atoms with E-state index >= 15 is 0 Å². The Hall–Kier alpha value is -3.39. The molecule has 0 saturated heterocycles. The van der Waals surface area contributed by atoms with Gasteiger partial charge in [-0.1, -0.05) is 18.2 Å². The minimum atomic E-state index is 0.600. The molecule has 1 aromatic heterocycles. The maximum Gasteiger partial charge on any atom is 0.135 e. The first kappa shape index (κ1) is 15.5. The first-order valence-electron chi connectivity index (χ1n) is 7.58. The molecule has 5 nitrogen and oxygen atoms in total. The Morgan fingerprint density at radius 2 is 1.67 bits per heavy atom. The van der Waals surface area contributed by atoms with Crippen molar-refractivity contribution in [1.29, 1.82) is 5.26 Å². The topological polar surface area (TPSA) is 73.6 Å². The average molecular weight is 315 g/mol. The van der Waals surface area contributed by atoms with E-state index in [1.54, 1.807) is 12.1 Å². The van der Waals surface area contributed by atoms with Crippen molar-refractivity contribution in [2.24, 2.45) is 0 Å². The SMILES string of the molecule is Cc1cccc(Nc2cc(Nc3cccc(C#N)c3)ncn2)c1C. The molecule has 5 heteroatoms. The van der Waals surface area contributed by atoms with Gasteiger partial charge in [0.15, 0.2) is 0 Å². The Morgan fingerprint density at radius 1 is 0.917 bits per heavy atom. The van der Waals surface area contributed by atoms with Gasteiger partial charge in [0.25, 0.3) is 0 Å². The second kappa shape index (κ2) is 6.80. The molecule has 0 saturated carbocycles. The normalized spacial score (nSPS) is 10.0. The van der Waals surface area contributed by atoms with Gasteiger partial charge in [-0.25, -0.2) is 9.97 Å². The van der Waals surface area contributed by atoms with Crippen LogP contribution in [0, 0.1) is 25.2 Å². The molecule has 0 spiro atoms. The maximum atomic E-state index is 8.97. The number of aromatic nitrogens is 2. The molecule has 0 radical (unpaired) electrons. The summed E-state index contributed by atoms with van der Waals surface area (Å²) in [6.45, 7) is 4.15. The lowest BCUT2D eigenvalue weighted by Crippen LogP contribution is -2.00. The number of nitrogens with one attached hydrogen (secondary N) is 2. The lowest BCUT2D eigenvalue weighted by atomic mass is 10.1. The number of aryl methyl sites for hydroxylation is 1. The third-order valence-electron chi connectivity index (χ3n) is 3.80. The van der Waals surface area contributed by atoms with Gasteiger partial charge < -0.3 is 10.6 Å². The standard InChI is InChI=1S/C19H17N5/c1-13-5-3-8-17(14(13)2)24-19-10-18(21-12-22-19)23-16-7-4-6-15(9-16)11-20/h3-10,12H,1-2H3,(H2,21,22,23,24). The highest BCUT2D eigenvalue weighted by Crippen LogP contribution is 2.23. The predicted octanol–water partition coefficient (Wildman–Crippen LogP) is 4.45. The summed E-state index contributed by atoms with van der Waals surface area (Å²) in [4.78, 5) is 8.49. The summed E-state index contributed by atoms with van der Waals surface area (Å²) in [5.41, 5.74) is 4.84. The molecule has 3 rings (SSSR count). The minimum absolute atomic E-state index is 0.600. The highest BCUT2D eigenvalue weighted by Gasteiger charge is 2.04. The third kappa shape index (κ3) is 3.50. The molecule has 0 bridgehead atoms. The van der Waals surface area contributed by atoms with Gasteiger partial charge in [0.05, 0.1) is 11.6 Å². The van der Waals surface area contributed by atoms with E-state index in [0.29, 0.717) is 17.2 Å². The van der Waals surface area contributed by atoms with E-state index in [4.69, 9.17) is 5.26 Å². The molecule has 0 amide bonds. The summed E-state index contributed by atoms with van der Waals surface area (Å²) in [5, 5.41) is 15.5. The zero-order chi connectivity index (χ0) is 16.9. The van der Waals surface area contributed by atoms with E-state index in [1.165, 1.54) is 17.5 Å². The van der Waals surface area contributed by atoms with Crippen LogP contribution in [0.25, 0.3) is 0 Å². The van der Waals surface area contributed by atoms with Gasteiger partial charge in [0.2, 0.25) is 0 Å². The van der Waals surface area contributed by atoms with Gasteiger partial charge in [-0.05, 0) is 49.2 Å². The number of nitriles is 1. The van der Waals surface area contributed by atoms with Crippen molar-refractivity contribution in [1.82, 2.24) is 9.97 Å². The van der Waals surface area contributed by atoms with Crippen LogP contribution in [0.15, 0.2) is 54.9 Å². The quantitative estimate of drug-likeness (QED) is 0.744. The van der Waals surface area contributed by atoms with Crippen LogP contribution in [0.4, 0.5) is 23.0 Å². The molecule has 0 atom stereocenters. The zero-order valence-corrected chi connectivity index (χ0v) is 13.5. The summed E-state index contributed by atoms with van der Waals surface area (Å²) < 4.78 is 0. The van der Waals surface area contributed by atoms with E-state index in [9.17, 15) is 0 Å². The molecule has 0 unspecified atom stereocenters. The first-order valence-corrected chi connectivity index (χ1v) is 7.58. The second-order valence-electron chi connectivity index (χ2n) is 5.48. The highest BCUT2D eigenvalue weighted by molar-refractivity contribution is 5.66. The average Bonchev–Trinajstić information content (AvgIpc) is 2.59. The van der Waals surface area contributed by atoms with Crippen LogP contribution in [-0.2, 0) is 0 Å². The molecule has 0 aliphatic rings. The van der Waals surface area contributed by atoms with Crippen molar-refractivity contribution in [3.63, 3.8) is 0 Å². The van der Waals surface area contributed by atoms with Gasteiger partial charge in [-0.15, -0.1) is 0 Å². The molecule has 24 heavy (non-hydrogen) atoms. The molecule has 118 valence electrons. The Balaban J connectivity index is 1.81. The fraction of sp³-hybridized carbons (Fsp3) is 0.105. The van der Waals surface area contributed by atoms with Crippen LogP contribution < -0.4 is 10.6 Å². The number of nitrogens with zero attached hydrogens (tertiary/aromatic N) is 3. The van der Waals surface area contributed by atoms with E-state index in [1.807, 2.05) is 30.3 Å². The summed E-state index contributed by atoms with van der Waals surface area (Å²) in [7, 11) is 0. The molecular weight excluding hydrogens is 298 g/mol. The van der Waals surface area contributed by atoms with Gasteiger partial charge in [0.1, 0.15) is 18.0 Å². The first-order chi connectivity index (χ1) is 11.7. The number of rotatable bonds is 4. The Morgan fingerprint density at radius 3 is 2.46 bits per heavy atom. The monoisotopic (exact) mass is 315 g/mol. The lowest BCUT2D eigenvalue weighted by Gasteiger charge is -2.12. The number of benzene rings is 2.